The fraction of sp³-hybridized carbons (Fsp3) is 0.667. The Hall–Kier alpha value is -1.72. The zero-order valence-electron chi connectivity index (χ0n) is 11.8. The van der Waals surface area contributed by atoms with Gasteiger partial charge in [0.2, 0.25) is 5.91 Å². The van der Waals surface area contributed by atoms with Crippen LogP contribution in [0.15, 0.2) is 0 Å². The Bertz CT molecular complexity index is 426. The van der Waals surface area contributed by atoms with Gasteiger partial charge in [0.25, 0.3) is 0 Å². The molecule has 18 heavy (non-hydrogen) atoms. The topological polar surface area (TPSA) is 76.2 Å². The van der Waals surface area contributed by atoms with Crippen LogP contribution in [0, 0.1) is 6.92 Å². The average Bonchev–Trinajstić information content (AvgIpc) is 2.64. The number of carbonyl (C=O) groups excluding carboxylic acids is 1. The maximum Gasteiger partial charge on any atom is 0.244 e. The number of hydrogen-bond donors (Lipinski definition) is 2. The van der Waals surface area contributed by atoms with Crippen molar-refractivity contribution in [2.24, 2.45) is 0 Å². The molecule has 0 fully saturated rings. The molecule has 0 bridgehead atoms. The van der Waals surface area contributed by atoms with E-state index in [1.807, 2.05) is 27.7 Å². The Morgan fingerprint density at radius 1 is 1.56 bits per heavy atom. The first-order valence-electron chi connectivity index (χ1n) is 6.26. The molecule has 0 aromatic carbocycles. The Balaban J connectivity index is 2.87. The minimum atomic E-state index is -0.321. The monoisotopic (exact) mass is 253 g/mol. The fourth-order valence-corrected chi connectivity index (χ4v) is 1.73. The summed E-state index contributed by atoms with van der Waals surface area (Å²) in [6, 6.07) is -0.321. The first-order valence-corrected chi connectivity index (χ1v) is 6.26. The Kier molecular flexibility index (Phi) is 4.58. The van der Waals surface area contributed by atoms with E-state index in [1.54, 1.807) is 16.6 Å². The number of aromatic nitrogens is 2. The molecule has 0 radical (unpaired) electrons. The van der Waals surface area contributed by atoms with Crippen molar-refractivity contribution >= 4 is 17.4 Å². The van der Waals surface area contributed by atoms with Crippen molar-refractivity contribution in [3.8, 4) is 0 Å². The molecule has 0 aliphatic heterocycles. The molecular formula is C12H23N5O. The summed E-state index contributed by atoms with van der Waals surface area (Å²) in [5, 5.41) is 7.46. The van der Waals surface area contributed by atoms with Gasteiger partial charge in [-0.05, 0) is 27.7 Å². The highest BCUT2D eigenvalue weighted by atomic mass is 16.2. The summed E-state index contributed by atoms with van der Waals surface area (Å²) in [6.45, 7) is 9.02. The number of nitrogens with two attached hydrogens (primary N) is 1. The van der Waals surface area contributed by atoms with Gasteiger partial charge < -0.3 is 16.0 Å². The van der Waals surface area contributed by atoms with Crippen LogP contribution in [0.25, 0.3) is 0 Å². The average molecular weight is 253 g/mol. The van der Waals surface area contributed by atoms with Gasteiger partial charge in [0, 0.05) is 20.1 Å². The summed E-state index contributed by atoms with van der Waals surface area (Å²) < 4.78 is 1.78. The molecule has 1 amide bonds. The molecule has 1 heterocycles. The predicted molar refractivity (Wildman–Crippen MR) is 73.4 cm³/mol. The normalized spacial score (nSPS) is 12.3. The molecule has 6 nitrogen and oxygen atoms in total. The van der Waals surface area contributed by atoms with E-state index in [9.17, 15) is 4.79 Å². The maximum atomic E-state index is 12.0. The van der Waals surface area contributed by atoms with Crippen LogP contribution < -0.4 is 11.1 Å². The lowest BCUT2D eigenvalue weighted by Crippen LogP contribution is -2.39. The van der Waals surface area contributed by atoms with E-state index in [1.165, 1.54) is 0 Å². The third kappa shape index (κ3) is 2.75. The molecule has 0 aliphatic carbocycles. The van der Waals surface area contributed by atoms with Crippen LogP contribution in [0.5, 0.6) is 0 Å². The van der Waals surface area contributed by atoms with Crippen molar-refractivity contribution in [2.75, 3.05) is 24.6 Å². The second-order valence-electron chi connectivity index (χ2n) is 4.38. The maximum absolute atomic E-state index is 12.0. The first-order chi connectivity index (χ1) is 8.42. The molecule has 0 saturated heterocycles. The SMILES string of the molecule is CCN(C)C(=O)C(C)Nc1c(N)c(C)nn1CC. The number of rotatable bonds is 5. The molecule has 3 N–H and O–H groups in total. The molecule has 1 rings (SSSR count). The van der Waals surface area contributed by atoms with Gasteiger partial charge in [0.15, 0.2) is 0 Å². The summed E-state index contributed by atoms with van der Waals surface area (Å²) in [4.78, 5) is 13.7. The molecule has 6 heteroatoms. The summed E-state index contributed by atoms with van der Waals surface area (Å²) in [6.07, 6.45) is 0. The van der Waals surface area contributed by atoms with Gasteiger partial charge in [-0.2, -0.15) is 5.10 Å². The van der Waals surface area contributed by atoms with Gasteiger partial charge in [-0.3, -0.25) is 4.79 Å². The third-order valence-corrected chi connectivity index (χ3v) is 3.05. The summed E-state index contributed by atoms with van der Waals surface area (Å²) in [7, 11) is 1.78. The number of amides is 1. The number of carbonyl (C=O) groups is 1. The van der Waals surface area contributed by atoms with Gasteiger partial charge in [-0.25, -0.2) is 4.68 Å². The second kappa shape index (κ2) is 5.75. The van der Waals surface area contributed by atoms with Gasteiger partial charge >= 0.3 is 0 Å². The van der Waals surface area contributed by atoms with Gasteiger partial charge in [0.05, 0.1) is 11.4 Å². The van der Waals surface area contributed by atoms with Crippen molar-refractivity contribution in [1.29, 1.82) is 0 Å². The molecular weight excluding hydrogens is 230 g/mol. The van der Waals surface area contributed by atoms with Gasteiger partial charge in [-0.15, -0.1) is 0 Å². The smallest absolute Gasteiger partial charge is 0.244 e. The molecule has 1 unspecified atom stereocenters. The van der Waals surface area contributed by atoms with Crippen molar-refractivity contribution in [1.82, 2.24) is 14.7 Å². The lowest BCUT2D eigenvalue weighted by atomic mass is 10.2. The zero-order chi connectivity index (χ0) is 13.9. The van der Waals surface area contributed by atoms with Gasteiger partial charge in [-0.1, -0.05) is 0 Å². The van der Waals surface area contributed by atoms with Crippen LogP contribution in [0.4, 0.5) is 11.5 Å². The van der Waals surface area contributed by atoms with Crippen LogP contribution in [-0.2, 0) is 11.3 Å². The first kappa shape index (κ1) is 14.3. The number of aryl methyl sites for hydroxylation is 2. The molecule has 0 spiro atoms. The molecule has 1 atom stereocenters. The van der Waals surface area contributed by atoms with Crippen LogP contribution in [0.2, 0.25) is 0 Å². The molecule has 0 aliphatic rings. The molecule has 1 aromatic heterocycles. The highest BCUT2D eigenvalue weighted by Crippen LogP contribution is 2.22. The van der Waals surface area contributed by atoms with Crippen LogP contribution >= 0.6 is 0 Å². The minimum Gasteiger partial charge on any atom is -0.394 e. The lowest BCUT2D eigenvalue weighted by molar-refractivity contribution is -0.130. The van der Waals surface area contributed by atoms with E-state index in [0.717, 1.165) is 11.5 Å². The standard InChI is InChI=1S/C12H23N5O/c1-6-16(5)12(18)9(4)14-11-10(13)8(3)15-17(11)7-2/h9,14H,6-7,13H2,1-5H3. The van der Waals surface area contributed by atoms with E-state index < -0.39 is 0 Å². The Morgan fingerprint density at radius 3 is 2.67 bits per heavy atom. The van der Waals surface area contributed by atoms with Crippen molar-refractivity contribution < 1.29 is 4.79 Å². The van der Waals surface area contributed by atoms with E-state index in [2.05, 4.69) is 10.4 Å². The largest absolute Gasteiger partial charge is 0.394 e. The number of nitrogens with zero attached hydrogens (tertiary/aromatic N) is 3. The van der Waals surface area contributed by atoms with E-state index in [-0.39, 0.29) is 11.9 Å². The molecule has 102 valence electrons. The van der Waals surface area contributed by atoms with Crippen molar-refractivity contribution in [3.63, 3.8) is 0 Å². The van der Waals surface area contributed by atoms with Crippen LogP contribution in [0.1, 0.15) is 26.5 Å². The third-order valence-electron chi connectivity index (χ3n) is 3.05. The van der Waals surface area contributed by atoms with Crippen molar-refractivity contribution in [3.05, 3.63) is 5.69 Å². The van der Waals surface area contributed by atoms with E-state index >= 15 is 0 Å². The number of likely N-dealkylation sites (N-methyl/N-ethyl adjacent to an activating group) is 1. The number of nitrogens with one attached hydrogen (secondary N) is 1. The number of nitrogen functional groups attached to an aromatic ring is 1. The summed E-state index contributed by atoms with van der Waals surface area (Å²) in [5.41, 5.74) is 7.35. The van der Waals surface area contributed by atoms with Crippen LogP contribution in [0.3, 0.4) is 0 Å². The van der Waals surface area contributed by atoms with Crippen molar-refractivity contribution in [2.45, 2.75) is 40.3 Å². The Morgan fingerprint density at radius 2 is 2.17 bits per heavy atom. The predicted octanol–water partition coefficient (Wildman–Crippen LogP) is 1.07. The lowest BCUT2D eigenvalue weighted by Gasteiger charge is -2.21. The summed E-state index contributed by atoms with van der Waals surface area (Å²) >= 11 is 0. The zero-order valence-corrected chi connectivity index (χ0v) is 11.8. The van der Waals surface area contributed by atoms with Crippen LogP contribution in [-0.4, -0.2) is 40.2 Å². The fourth-order valence-electron chi connectivity index (χ4n) is 1.73. The van der Waals surface area contributed by atoms with Gasteiger partial charge in [0.1, 0.15) is 11.9 Å². The molecule has 0 saturated carbocycles. The van der Waals surface area contributed by atoms with E-state index in [4.69, 9.17) is 5.73 Å². The highest BCUT2D eigenvalue weighted by molar-refractivity contribution is 5.85. The Labute approximate surface area is 108 Å². The summed E-state index contributed by atoms with van der Waals surface area (Å²) in [5.74, 6) is 0.763. The molecule has 1 aromatic rings. The highest BCUT2D eigenvalue weighted by Gasteiger charge is 2.20. The quantitative estimate of drug-likeness (QED) is 0.823. The second-order valence-corrected chi connectivity index (χ2v) is 4.38. The van der Waals surface area contributed by atoms with E-state index in [0.29, 0.717) is 18.8 Å². The number of anilines is 2. The number of hydrogen-bond acceptors (Lipinski definition) is 4. The minimum absolute atomic E-state index is 0.0402.